The van der Waals surface area contributed by atoms with Crippen LogP contribution in [0.25, 0.3) is 0 Å². The Morgan fingerprint density at radius 1 is 1.35 bits per heavy atom. The highest BCUT2D eigenvalue weighted by molar-refractivity contribution is 7.89. The average Bonchev–Trinajstić information content (AvgIpc) is 2.53. The van der Waals surface area contributed by atoms with Gasteiger partial charge >= 0.3 is 5.97 Å². The monoisotopic (exact) mass is 341 g/mol. The molecule has 0 saturated heterocycles. The molecule has 1 aromatic rings. The zero-order valence-corrected chi connectivity index (χ0v) is 14.0. The Morgan fingerprint density at radius 3 is 2.70 bits per heavy atom. The smallest absolute Gasteiger partial charge is 0.338 e. The number of benzene rings is 1. The Balaban J connectivity index is 2.13. The van der Waals surface area contributed by atoms with E-state index in [0.717, 1.165) is 35.7 Å². The van der Waals surface area contributed by atoms with E-state index in [4.69, 9.17) is 4.74 Å². The average molecular weight is 341 g/mol. The summed E-state index contributed by atoms with van der Waals surface area (Å²) in [6.07, 6.45) is 6.92. The number of carbonyl (C=O) groups excluding carboxylic acids is 1. The van der Waals surface area contributed by atoms with Crippen molar-refractivity contribution in [3.05, 3.63) is 41.7 Å². The molecule has 0 spiro atoms. The van der Waals surface area contributed by atoms with Crippen molar-refractivity contribution >= 4 is 16.0 Å². The Morgan fingerprint density at radius 2 is 2.09 bits per heavy atom. The van der Waals surface area contributed by atoms with Crippen LogP contribution in [0.2, 0.25) is 0 Å². The van der Waals surface area contributed by atoms with Gasteiger partial charge < -0.3 is 4.74 Å². The third kappa shape index (κ3) is 4.17. The summed E-state index contributed by atoms with van der Waals surface area (Å²) in [5.74, 6) is -1.27. The van der Waals surface area contributed by atoms with Crippen molar-refractivity contribution in [1.82, 2.24) is 4.31 Å². The number of hydrogen-bond donors (Lipinski definition) is 0. The topological polar surface area (TPSA) is 63.7 Å². The molecular formula is C16H20FNO4S. The van der Waals surface area contributed by atoms with E-state index in [1.807, 2.05) is 0 Å². The van der Waals surface area contributed by atoms with Crippen LogP contribution >= 0.6 is 0 Å². The van der Waals surface area contributed by atoms with Crippen LogP contribution in [0.15, 0.2) is 35.2 Å². The Hall–Kier alpha value is -1.73. The third-order valence-corrected chi connectivity index (χ3v) is 5.58. The molecule has 0 amide bonds. The lowest BCUT2D eigenvalue weighted by molar-refractivity contribution is 0.0432. The highest BCUT2D eigenvalue weighted by atomic mass is 32.2. The van der Waals surface area contributed by atoms with E-state index in [2.05, 4.69) is 12.2 Å². The minimum absolute atomic E-state index is 0.0261. The molecule has 0 radical (unpaired) electrons. The van der Waals surface area contributed by atoms with Gasteiger partial charge in [0.05, 0.1) is 12.2 Å². The van der Waals surface area contributed by atoms with Crippen molar-refractivity contribution in [3.8, 4) is 0 Å². The van der Waals surface area contributed by atoms with Crippen LogP contribution in [0, 0.1) is 11.7 Å². The van der Waals surface area contributed by atoms with Gasteiger partial charge in [-0.3, -0.25) is 0 Å². The quantitative estimate of drug-likeness (QED) is 0.610. The number of sulfonamides is 1. The molecule has 126 valence electrons. The summed E-state index contributed by atoms with van der Waals surface area (Å²) in [6.45, 7) is 0.274. The summed E-state index contributed by atoms with van der Waals surface area (Å²) in [7, 11) is -1.35. The molecule has 0 aliphatic heterocycles. The number of carbonyl (C=O) groups is 1. The van der Waals surface area contributed by atoms with Gasteiger partial charge in [0.2, 0.25) is 10.0 Å². The summed E-state index contributed by atoms with van der Waals surface area (Å²) >= 11 is 0. The number of nitrogens with zero attached hydrogens (tertiary/aromatic N) is 1. The van der Waals surface area contributed by atoms with E-state index >= 15 is 0 Å². The van der Waals surface area contributed by atoms with Gasteiger partial charge in [-0.05, 0) is 43.4 Å². The van der Waals surface area contributed by atoms with Crippen LogP contribution in [-0.4, -0.2) is 39.4 Å². The molecule has 7 heteroatoms. The first kappa shape index (κ1) is 17.6. The van der Waals surface area contributed by atoms with Crippen molar-refractivity contribution in [2.75, 3.05) is 20.7 Å². The molecule has 0 N–H and O–H groups in total. The Kier molecular flexibility index (Phi) is 5.54. The fourth-order valence-corrected chi connectivity index (χ4v) is 3.29. The Bertz CT molecular complexity index is 713. The predicted octanol–water partition coefficient (Wildman–Crippen LogP) is 2.59. The SMILES string of the molecule is CN(C)S(=O)(=O)c1cc(C(=O)OCC2CC=CCC2)ccc1F. The molecule has 1 aromatic carbocycles. The maximum absolute atomic E-state index is 13.8. The first-order valence-corrected chi connectivity index (χ1v) is 8.80. The molecule has 1 unspecified atom stereocenters. The predicted molar refractivity (Wildman–Crippen MR) is 84.0 cm³/mol. The molecule has 1 atom stereocenters. The van der Waals surface area contributed by atoms with Crippen LogP contribution in [-0.2, 0) is 14.8 Å². The molecule has 1 aliphatic carbocycles. The lowest BCUT2D eigenvalue weighted by Crippen LogP contribution is -2.24. The number of rotatable bonds is 5. The maximum Gasteiger partial charge on any atom is 0.338 e. The minimum Gasteiger partial charge on any atom is -0.462 e. The first-order chi connectivity index (χ1) is 10.8. The molecule has 0 fully saturated rings. The van der Waals surface area contributed by atoms with Gasteiger partial charge in [0.1, 0.15) is 10.7 Å². The van der Waals surface area contributed by atoms with E-state index < -0.39 is 26.7 Å². The number of allylic oxidation sites excluding steroid dienone is 2. The zero-order valence-electron chi connectivity index (χ0n) is 13.2. The summed E-state index contributed by atoms with van der Waals surface area (Å²) in [4.78, 5) is 11.5. The first-order valence-electron chi connectivity index (χ1n) is 7.36. The molecular weight excluding hydrogens is 321 g/mol. The number of ether oxygens (including phenoxy) is 1. The van der Waals surface area contributed by atoms with Crippen LogP contribution in [0.1, 0.15) is 29.6 Å². The molecule has 23 heavy (non-hydrogen) atoms. The second-order valence-electron chi connectivity index (χ2n) is 5.68. The van der Waals surface area contributed by atoms with Crippen molar-refractivity contribution in [1.29, 1.82) is 0 Å². The summed E-state index contributed by atoms with van der Waals surface area (Å²) < 4.78 is 44.0. The van der Waals surface area contributed by atoms with E-state index in [-0.39, 0.29) is 18.1 Å². The molecule has 0 heterocycles. The van der Waals surface area contributed by atoms with Crippen molar-refractivity contribution in [3.63, 3.8) is 0 Å². The molecule has 1 aliphatic rings. The standard InChI is InChI=1S/C16H20FNO4S/c1-18(2)23(20,21)15-10-13(8-9-14(15)17)16(19)22-11-12-6-4-3-5-7-12/h3-4,8-10,12H,5-7,11H2,1-2H3. The van der Waals surface area contributed by atoms with Gasteiger partial charge in [0, 0.05) is 14.1 Å². The highest BCUT2D eigenvalue weighted by Crippen LogP contribution is 2.21. The second-order valence-corrected chi connectivity index (χ2v) is 7.80. The van der Waals surface area contributed by atoms with Crippen molar-refractivity contribution in [2.45, 2.75) is 24.2 Å². The zero-order chi connectivity index (χ0) is 17.0. The number of esters is 1. The fourth-order valence-electron chi connectivity index (χ4n) is 2.31. The van der Waals surface area contributed by atoms with E-state index in [0.29, 0.717) is 0 Å². The Labute approximate surface area is 135 Å². The second kappa shape index (κ2) is 7.23. The third-order valence-electron chi connectivity index (χ3n) is 3.75. The van der Waals surface area contributed by atoms with Gasteiger partial charge in [-0.1, -0.05) is 12.2 Å². The number of hydrogen-bond acceptors (Lipinski definition) is 4. The normalized spacial score (nSPS) is 18.2. The van der Waals surface area contributed by atoms with Gasteiger partial charge in [-0.15, -0.1) is 0 Å². The van der Waals surface area contributed by atoms with Gasteiger partial charge in [0.25, 0.3) is 0 Å². The fraction of sp³-hybridized carbons (Fsp3) is 0.438. The highest BCUT2D eigenvalue weighted by Gasteiger charge is 2.24. The number of halogens is 1. The summed E-state index contributed by atoms with van der Waals surface area (Å²) in [5.41, 5.74) is 0.0261. The van der Waals surface area contributed by atoms with Crippen molar-refractivity contribution < 1.29 is 22.3 Å². The van der Waals surface area contributed by atoms with Crippen LogP contribution in [0.4, 0.5) is 4.39 Å². The minimum atomic E-state index is -3.96. The van der Waals surface area contributed by atoms with E-state index in [9.17, 15) is 17.6 Å². The van der Waals surface area contributed by atoms with Crippen LogP contribution < -0.4 is 0 Å². The summed E-state index contributed by atoms with van der Waals surface area (Å²) in [5, 5.41) is 0. The molecule has 2 rings (SSSR count). The lowest BCUT2D eigenvalue weighted by atomic mass is 9.95. The summed E-state index contributed by atoms with van der Waals surface area (Å²) in [6, 6.07) is 3.22. The van der Waals surface area contributed by atoms with E-state index in [1.54, 1.807) is 0 Å². The molecule has 0 saturated carbocycles. The van der Waals surface area contributed by atoms with Gasteiger partial charge in [-0.25, -0.2) is 21.9 Å². The van der Waals surface area contributed by atoms with Crippen LogP contribution in [0.5, 0.6) is 0 Å². The lowest BCUT2D eigenvalue weighted by Gasteiger charge is -2.17. The molecule has 0 bridgehead atoms. The maximum atomic E-state index is 13.8. The van der Waals surface area contributed by atoms with Crippen molar-refractivity contribution in [2.24, 2.45) is 5.92 Å². The van der Waals surface area contributed by atoms with Crippen LogP contribution in [0.3, 0.4) is 0 Å². The molecule has 0 aromatic heterocycles. The largest absolute Gasteiger partial charge is 0.462 e. The van der Waals surface area contributed by atoms with Gasteiger partial charge in [0.15, 0.2) is 0 Å². The van der Waals surface area contributed by atoms with E-state index in [1.165, 1.54) is 20.2 Å². The van der Waals surface area contributed by atoms with Gasteiger partial charge in [-0.2, -0.15) is 0 Å². The molecule has 5 nitrogen and oxygen atoms in total.